The number of aromatic nitrogens is 2. The van der Waals surface area contributed by atoms with Gasteiger partial charge in [-0.05, 0) is 30.7 Å². The van der Waals surface area contributed by atoms with Crippen LogP contribution in [0.5, 0.6) is 11.6 Å². The van der Waals surface area contributed by atoms with Crippen LogP contribution in [0.2, 0.25) is 0 Å². The van der Waals surface area contributed by atoms with E-state index in [1.807, 2.05) is 41.3 Å². The van der Waals surface area contributed by atoms with Crippen molar-refractivity contribution in [3.8, 4) is 11.6 Å². The number of anilines is 1. The maximum absolute atomic E-state index is 11.8. The fourth-order valence-corrected chi connectivity index (χ4v) is 3.31. The number of hydrogen-bond donors (Lipinski definition) is 0. The Balaban J connectivity index is 1.77. The van der Waals surface area contributed by atoms with Gasteiger partial charge in [-0.2, -0.15) is 4.98 Å². The zero-order chi connectivity index (χ0) is 17.9. The molecule has 1 aliphatic rings. The molecule has 0 aliphatic carbocycles. The SMILES string of the molecule is O=[N+]([O-])c1c(Oc2cccc3ccccc23)ncnc1N1CCCCC1. The van der Waals surface area contributed by atoms with Gasteiger partial charge in [0.2, 0.25) is 5.82 Å². The number of nitro groups is 1. The zero-order valence-electron chi connectivity index (χ0n) is 14.2. The minimum Gasteiger partial charge on any atom is -0.433 e. The fraction of sp³-hybridized carbons (Fsp3) is 0.263. The lowest BCUT2D eigenvalue weighted by atomic mass is 10.1. The van der Waals surface area contributed by atoms with Crippen molar-refractivity contribution in [1.82, 2.24) is 9.97 Å². The minimum absolute atomic E-state index is 0.0260. The summed E-state index contributed by atoms with van der Waals surface area (Å²) < 4.78 is 5.90. The number of nitrogens with zero attached hydrogens (tertiary/aromatic N) is 4. The highest BCUT2D eigenvalue weighted by molar-refractivity contribution is 5.88. The van der Waals surface area contributed by atoms with Crippen molar-refractivity contribution in [2.75, 3.05) is 18.0 Å². The summed E-state index contributed by atoms with van der Waals surface area (Å²) in [6.07, 6.45) is 4.47. The van der Waals surface area contributed by atoms with E-state index in [-0.39, 0.29) is 11.6 Å². The summed E-state index contributed by atoms with van der Waals surface area (Å²) in [6, 6.07) is 13.3. The van der Waals surface area contributed by atoms with E-state index in [4.69, 9.17) is 4.74 Å². The lowest BCUT2D eigenvalue weighted by Gasteiger charge is -2.27. The van der Waals surface area contributed by atoms with Crippen molar-refractivity contribution in [2.45, 2.75) is 19.3 Å². The van der Waals surface area contributed by atoms with Gasteiger partial charge in [0.1, 0.15) is 12.1 Å². The van der Waals surface area contributed by atoms with E-state index in [2.05, 4.69) is 9.97 Å². The molecule has 7 heteroatoms. The van der Waals surface area contributed by atoms with E-state index in [1.165, 1.54) is 6.33 Å². The molecule has 4 rings (SSSR count). The zero-order valence-corrected chi connectivity index (χ0v) is 14.2. The molecule has 1 fully saturated rings. The Morgan fingerprint density at radius 1 is 1.00 bits per heavy atom. The fourth-order valence-electron chi connectivity index (χ4n) is 3.31. The van der Waals surface area contributed by atoms with Crippen LogP contribution in [-0.4, -0.2) is 28.0 Å². The van der Waals surface area contributed by atoms with Gasteiger partial charge in [0, 0.05) is 18.5 Å². The summed E-state index contributed by atoms with van der Waals surface area (Å²) in [6.45, 7) is 1.51. The Hall–Kier alpha value is -3.22. The molecule has 132 valence electrons. The van der Waals surface area contributed by atoms with Crippen molar-refractivity contribution in [2.24, 2.45) is 0 Å². The third-order valence-electron chi connectivity index (χ3n) is 4.56. The van der Waals surface area contributed by atoms with Gasteiger partial charge in [-0.1, -0.05) is 36.4 Å². The monoisotopic (exact) mass is 350 g/mol. The summed E-state index contributed by atoms with van der Waals surface area (Å²) >= 11 is 0. The Kier molecular flexibility index (Phi) is 4.35. The molecule has 0 amide bonds. The predicted molar refractivity (Wildman–Crippen MR) is 98.8 cm³/mol. The summed E-state index contributed by atoms with van der Waals surface area (Å²) in [4.78, 5) is 21.5. The van der Waals surface area contributed by atoms with Crippen LogP contribution in [0.25, 0.3) is 10.8 Å². The Labute approximate surface area is 150 Å². The van der Waals surface area contributed by atoms with Crippen LogP contribution in [0.15, 0.2) is 48.8 Å². The minimum atomic E-state index is -0.454. The van der Waals surface area contributed by atoms with Crippen LogP contribution in [0.3, 0.4) is 0 Å². The number of benzene rings is 2. The number of fused-ring (bicyclic) bond motifs is 1. The molecule has 26 heavy (non-hydrogen) atoms. The van der Waals surface area contributed by atoms with Crippen LogP contribution in [0, 0.1) is 10.1 Å². The molecule has 1 saturated heterocycles. The molecule has 0 spiro atoms. The molecular weight excluding hydrogens is 332 g/mol. The maximum Gasteiger partial charge on any atom is 0.373 e. The number of hydrogen-bond acceptors (Lipinski definition) is 6. The molecule has 0 N–H and O–H groups in total. The molecule has 1 aliphatic heterocycles. The molecule has 0 atom stereocenters. The van der Waals surface area contributed by atoms with E-state index in [0.717, 1.165) is 43.1 Å². The smallest absolute Gasteiger partial charge is 0.373 e. The molecule has 0 radical (unpaired) electrons. The summed E-state index contributed by atoms with van der Waals surface area (Å²) in [5, 5.41) is 13.6. The quantitative estimate of drug-likeness (QED) is 0.515. The molecule has 2 aromatic carbocycles. The second-order valence-corrected chi connectivity index (χ2v) is 6.24. The topological polar surface area (TPSA) is 81.4 Å². The van der Waals surface area contributed by atoms with Gasteiger partial charge >= 0.3 is 11.6 Å². The lowest BCUT2D eigenvalue weighted by molar-refractivity contribution is -0.385. The van der Waals surface area contributed by atoms with Crippen molar-refractivity contribution in [3.63, 3.8) is 0 Å². The molecule has 0 saturated carbocycles. The molecular formula is C19H18N4O3. The second-order valence-electron chi connectivity index (χ2n) is 6.24. The van der Waals surface area contributed by atoms with Gasteiger partial charge in [-0.3, -0.25) is 10.1 Å². The number of piperidine rings is 1. The first-order chi connectivity index (χ1) is 12.7. The largest absolute Gasteiger partial charge is 0.433 e. The molecule has 0 bridgehead atoms. The molecule has 0 unspecified atom stereocenters. The molecule has 7 nitrogen and oxygen atoms in total. The highest BCUT2D eigenvalue weighted by Gasteiger charge is 2.29. The average molecular weight is 350 g/mol. The third kappa shape index (κ3) is 3.03. The van der Waals surface area contributed by atoms with Gasteiger partial charge in [-0.15, -0.1) is 0 Å². The van der Waals surface area contributed by atoms with E-state index in [1.54, 1.807) is 6.07 Å². The Morgan fingerprint density at radius 2 is 1.77 bits per heavy atom. The van der Waals surface area contributed by atoms with E-state index >= 15 is 0 Å². The first kappa shape index (κ1) is 16.3. The summed E-state index contributed by atoms with van der Waals surface area (Å²) in [7, 11) is 0. The van der Waals surface area contributed by atoms with Gasteiger partial charge in [0.25, 0.3) is 0 Å². The first-order valence-electron chi connectivity index (χ1n) is 8.64. The van der Waals surface area contributed by atoms with Gasteiger partial charge < -0.3 is 9.64 Å². The lowest BCUT2D eigenvalue weighted by Crippen LogP contribution is -2.30. The summed E-state index contributed by atoms with van der Waals surface area (Å²) in [5.74, 6) is 0.844. The van der Waals surface area contributed by atoms with E-state index in [0.29, 0.717) is 11.6 Å². The van der Waals surface area contributed by atoms with Crippen molar-refractivity contribution in [3.05, 3.63) is 58.9 Å². The van der Waals surface area contributed by atoms with E-state index in [9.17, 15) is 10.1 Å². The summed E-state index contributed by atoms with van der Waals surface area (Å²) in [5.41, 5.74) is -0.178. The Bertz CT molecular complexity index is 949. The first-order valence-corrected chi connectivity index (χ1v) is 8.64. The van der Waals surface area contributed by atoms with Gasteiger partial charge in [-0.25, -0.2) is 4.98 Å². The van der Waals surface area contributed by atoms with E-state index < -0.39 is 4.92 Å². The van der Waals surface area contributed by atoms with Crippen molar-refractivity contribution >= 4 is 22.3 Å². The van der Waals surface area contributed by atoms with Crippen molar-refractivity contribution < 1.29 is 9.66 Å². The van der Waals surface area contributed by atoms with Crippen LogP contribution < -0.4 is 9.64 Å². The Morgan fingerprint density at radius 3 is 2.58 bits per heavy atom. The predicted octanol–water partition coefficient (Wildman–Crippen LogP) is 4.32. The van der Waals surface area contributed by atoms with Crippen LogP contribution >= 0.6 is 0 Å². The van der Waals surface area contributed by atoms with Gasteiger partial charge in [0.05, 0.1) is 4.92 Å². The number of ether oxygens (including phenoxy) is 1. The van der Waals surface area contributed by atoms with Crippen LogP contribution in [-0.2, 0) is 0 Å². The highest BCUT2D eigenvalue weighted by Crippen LogP contribution is 2.38. The highest BCUT2D eigenvalue weighted by atomic mass is 16.6. The molecule has 2 heterocycles. The third-order valence-corrected chi connectivity index (χ3v) is 4.56. The standard InChI is InChI=1S/C19H18N4O3/c24-23(25)17-18(22-11-4-1-5-12-22)20-13-21-19(17)26-16-10-6-8-14-7-2-3-9-15(14)16/h2-3,6-10,13H,1,4-5,11-12H2. The van der Waals surface area contributed by atoms with Gasteiger partial charge in [0.15, 0.2) is 0 Å². The number of rotatable bonds is 4. The second kappa shape index (κ2) is 6.95. The molecule has 3 aromatic rings. The maximum atomic E-state index is 11.8. The van der Waals surface area contributed by atoms with Crippen LogP contribution in [0.4, 0.5) is 11.5 Å². The normalized spacial score (nSPS) is 14.4. The average Bonchev–Trinajstić information content (AvgIpc) is 2.68. The van der Waals surface area contributed by atoms with Crippen LogP contribution in [0.1, 0.15) is 19.3 Å². The molecule has 1 aromatic heterocycles. The van der Waals surface area contributed by atoms with Crippen molar-refractivity contribution in [1.29, 1.82) is 0 Å².